The summed E-state index contributed by atoms with van der Waals surface area (Å²) in [7, 11) is 0. The number of piperidine rings is 1. The van der Waals surface area contributed by atoms with Crippen LogP contribution in [0.15, 0.2) is 0 Å². The monoisotopic (exact) mass is 170 g/mol. The minimum Gasteiger partial charge on any atom is -0.369 e. The summed E-state index contributed by atoms with van der Waals surface area (Å²) in [6, 6.07) is 0.534. The summed E-state index contributed by atoms with van der Waals surface area (Å²) in [6.07, 6.45) is 2.07. The SMILES string of the molecule is CC(C)N1CCCC(C(N)=O)C1. The van der Waals surface area contributed by atoms with Gasteiger partial charge in [-0.15, -0.1) is 0 Å². The Morgan fingerprint density at radius 3 is 2.75 bits per heavy atom. The van der Waals surface area contributed by atoms with Gasteiger partial charge in [-0.3, -0.25) is 4.79 Å². The van der Waals surface area contributed by atoms with Gasteiger partial charge in [0.1, 0.15) is 0 Å². The Kier molecular flexibility index (Phi) is 3.09. The summed E-state index contributed by atoms with van der Waals surface area (Å²) in [5.41, 5.74) is 5.26. The van der Waals surface area contributed by atoms with Gasteiger partial charge >= 0.3 is 0 Å². The lowest BCUT2D eigenvalue weighted by Gasteiger charge is -2.33. The van der Waals surface area contributed by atoms with Gasteiger partial charge in [0, 0.05) is 12.6 Å². The van der Waals surface area contributed by atoms with Crippen LogP contribution in [0.1, 0.15) is 26.7 Å². The highest BCUT2D eigenvalue weighted by molar-refractivity contribution is 5.76. The highest BCUT2D eigenvalue weighted by atomic mass is 16.1. The molecule has 1 saturated heterocycles. The molecule has 0 radical (unpaired) electrons. The second-order valence-electron chi connectivity index (χ2n) is 3.83. The summed E-state index contributed by atoms with van der Waals surface area (Å²) >= 11 is 0. The van der Waals surface area contributed by atoms with Crippen molar-refractivity contribution in [1.82, 2.24) is 4.90 Å². The molecule has 1 amide bonds. The Balaban J connectivity index is 2.46. The Morgan fingerprint density at radius 2 is 2.25 bits per heavy atom. The third kappa shape index (κ3) is 2.21. The van der Waals surface area contributed by atoms with E-state index in [2.05, 4.69) is 18.7 Å². The molecule has 0 aromatic heterocycles. The zero-order valence-electron chi connectivity index (χ0n) is 7.92. The van der Waals surface area contributed by atoms with Gasteiger partial charge in [0.15, 0.2) is 0 Å². The van der Waals surface area contributed by atoms with Crippen LogP contribution in [-0.2, 0) is 4.79 Å². The average molecular weight is 170 g/mol. The molecule has 1 rings (SSSR count). The van der Waals surface area contributed by atoms with E-state index in [1.807, 2.05) is 0 Å². The molecule has 0 spiro atoms. The highest BCUT2D eigenvalue weighted by Gasteiger charge is 2.24. The van der Waals surface area contributed by atoms with Crippen LogP contribution >= 0.6 is 0 Å². The smallest absolute Gasteiger partial charge is 0.221 e. The zero-order chi connectivity index (χ0) is 9.14. The fraction of sp³-hybridized carbons (Fsp3) is 0.889. The van der Waals surface area contributed by atoms with Gasteiger partial charge in [-0.1, -0.05) is 0 Å². The molecule has 1 fully saturated rings. The van der Waals surface area contributed by atoms with E-state index in [4.69, 9.17) is 5.73 Å². The first-order valence-corrected chi connectivity index (χ1v) is 4.64. The Bertz CT molecular complexity index is 168. The van der Waals surface area contributed by atoms with Crippen molar-refractivity contribution in [2.45, 2.75) is 32.7 Å². The molecule has 70 valence electrons. The molecule has 0 bridgehead atoms. The Labute approximate surface area is 73.9 Å². The predicted octanol–water partition coefficient (Wildman–Crippen LogP) is 0.592. The fourth-order valence-corrected chi connectivity index (χ4v) is 1.71. The van der Waals surface area contributed by atoms with Crippen LogP contribution in [0.3, 0.4) is 0 Å². The molecule has 0 saturated carbocycles. The summed E-state index contributed by atoms with van der Waals surface area (Å²) < 4.78 is 0. The van der Waals surface area contributed by atoms with Gasteiger partial charge in [0.2, 0.25) is 5.91 Å². The number of likely N-dealkylation sites (tertiary alicyclic amines) is 1. The van der Waals surface area contributed by atoms with E-state index in [0.717, 1.165) is 25.9 Å². The summed E-state index contributed by atoms with van der Waals surface area (Å²) in [5.74, 6) is -0.0542. The quantitative estimate of drug-likeness (QED) is 0.659. The number of amides is 1. The maximum atomic E-state index is 10.9. The van der Waals surface area contributed by atoms with E-state index >= 15 is 0 Å². The number of hydrogen-bond donors (Lipinski definition) is 1. The van der Waals surface area contributed by atoms with Gasteiger partial charge in [-0.05, 0) is 33.2 Å². The van der Waals surface area contributed by atoms with Crippen LogP contribution in [0, 0.1) is 5.92 Å². The van der Waals surface area contributed by atoms with Crippen molar-refractivity contribution in [3.05, 3.63) is 0 Å². The molecule has 0 aromatic rings. The van der Waals surface area contributed by atoms with Crippen LogP contribution in [-0.4, -0.2) is 29.9 Å². The van der Waals surface area contributed by atoms with Crippen molar-refractivity contribution in [3.8, 4) is 0 Å². The lowest BCUT2D eigenvalue weighted by Crippen LogP contribution is -2.44. The first kappa shape index (κ1) is 9.52. The molecule has 3 nitrogen and oxygen atoms in total. The van der Waals surface area contributed by atoms with E-state index < -0.39 is 0 Å². The van der Waals surface area contributed by atoms with Crippen LogP contribution in [0.25, 0.3) is 0 Å². The van der Waals surface area contributed by atoms with Crippen LogP contribution in [0.5, 0.6) is 0 Å². The van der Waals surface area contributed by atoms with Crippen molar-refractivity contribution in [2.75, 3.05) is 13.1 Å². The van der Waals surface area contributed by atoms with Gasteiger partial charge < -0.3 is 10.6 Å². The molecule has 1 heterocycles. The number of rotatable bonds is 2. The minimum atomic E-state index is -0.139. The number of carbonyl (C=O) groups excluding carboxylic acids is 1. The minimum absolute atomic E-state index is 0.0844. The molecule has 1 aliphatic heterocycles. The fourth-order valence-electron chi connectivity index (χ4n) is 1.71. The maximum Gasteiger partial charge on any atom is 0.221 e. The van der Waals surface area contributed by atoms with Gasteiger partial charge in [0.25, 0.3) is 0 Å². The van der Waals surface area contributed by atoms with Crippen molar-refractivity contribution >= 4 is 5.91 Å². The maximum absolute atomic E-state index is 10.9. The van der Waals surface area contributed by atoms with Crippen LogP contribution in [0.4, 0.5) is 0 Å². The molecule has 1 atom stereocenters. The van der Waals surface area contributed by atoms with Gasteiger partial charge in [-0.2, -0.15) is 0 Å². The summed E-state index contributed by atoms with van der Waals surface area (Å²) in [4.78, 5) is 13.2. The topological polar surface area (TPSA) is 46.3 Å². The second kappa shape index (κ2) is 3.90. The van der Waals surface area contributed by atoms with Gasteiger partial charge in [-0.25, -0.2) is 0 Å². The molecule has 3 heteroatoms. The number of carbonyl (C=O) groups is 1. The number of primary amides is 1. The third-order valence-corrected chi connectivity index (χ3v) is 2.59. The lowest BCUT2D eigenvalue weighted by atomic mass is 9.96. The first-order valence-electron chi connectivity index (χ1n) is 4.64. The highest BCUT2D eigenvalue weighted by Crippen LogP contribution is 2.17. The third-order valence-electron chi connectivity index (χ3n) is 2.59. The standard InChI is InChI=1S/C9H18N2O/c1-7(2)11-5-3-4-8(6-11)9(10)12/h7-8H,3-6H2,1-2H3,(H2,10,12). The van der Waals surface area contributed by atoms with E-state index in [1.54, 1.807) is 0 Å². The Hall–Kier alpha value is -0.570. The van der Waals surface area contributed by atoms with Crippen LogP contribution < -0.4 is 5.73 Å². The first-order chi connectivity index (χ1) is 5.61. The second-order valence-corrected chi connectivity index (χ2v) is 3.83. The van der Waals surface area contributed by atoms with Gasteiger partial charge in [0.05, 0.1) is 5.92 Å². The molecule has 12 heavy (non-hydrogen) atoms. The molecular weight excluding hydrogens is 152 g/mol. The van der Waals surface area contributed by atoms with E-state index in [-0.39, 0.29) is 11.8 Å². The van der Waals surface area contributed by atoms with E-state index in [9.17, 15) is 4.79 Å². The predicted molar refractivity (Wildman–Crippen MR) is 48.6 cm³/mol. The lowest BCUT2D eigenvalue weighted by molar-refractivity contribution is -0.123. The van der Waals surface area contributed by atoms with Crippen molar-refractivity contribution < 1.29 is 4.79 Å². The zero-order valence-corrected chi connectivity index (χ0v) is 7.92. The number of nitrogens with zero attached hydrogens (tertiary/aromatic N) is 1. The van der Waals surface area contributed by atoms with Crippen LogP contribution in [0.2, 0.25) is 0 Å². The molecule has 2 N–H and O–H groups in total. The van der Waals surface area contributed by atoms with Crippen molar-refractivity contribution in [3.63, 3.8) is 0 Å². The summed E-state index contributed by atoms with van der Waals surface area (Å²) in [5, 5.41) is 0. The number of hydrogen-bond acceptors (Lipinski definition) is 2. The summed E-state index contributed by atoms with van der Waals surface area (Å²) in [6.45, 7) is 6.28. The average Bonchev–Trinajstić information content (AvgIpc) is 2.04. The normalized spacial score (nSPS) is 26.1. The molecule has 0 aromatic carbocycles. The van der Waals surface area contributed by atoms with E-state index in [1.165, 1.54) is 0 Å². The molecule has 1 unspecified atom stereocenters. The molecule has 0 aliphatic carbocycles. The van der Waals surface area contributed by atoms with E-state index in [0.29, 0.717) is 6.04 Å². The number of nitrogens with two attached hydrogens (primary N) is 1. The van der Waals surface area contributed by atoms with Crippen molar-refractivity contribution in [2.24, 2.45) is 11.7 Å². The molecular formula is C9H18N2O. The largest absolute Gasteiger partial charge is 0.369 e. The molecule has 1 aliphatic rings. The Morgan fingerprint density at radius 1 is 1.58 bits per heavy atom. The van der Waals surface area contributed by atoms with Crippen molar-refractivity contribution in [1.29, 1.82) is 0 Å².